The lowest BCUT2D eigenvalue weighted by Crippen LogP contribution is -2.44. The fraction of sp³-hybridized carbons (Fsp3) is 0.474. The third-order valence-electron chi connectivity index (χ3n) is 4.80. The van der Waals surface area contributed by atoms with Gasteiger partial charge in [-0.15, -0.1) is 0 Å². The van der Waals surface area contributed by atoms with Gasteiger partial charge in [-0.1, -0.05) is 18.2 Å². The van der Waals surface area contributed by atoms with Crippen LogP contribution in [0.2, 0.25) is 0 Å². The van der Waals surface area contributed by atoms with Crippen molar-refractivity contribution in [3.63, 3.8) is 0 Å². The lowest BCUT2D eigenvalue weighted by atomic mass is 10.1. The average molecular weight is 357 g/mol. The lowest BCUT2D eigenvalue weighted by Gasteiger charge is -2.28. The number of fused-ring (bicyclic) bond motifs is 1. The molecular formula is C19H27N5O2. The summed E-state index contributed by atoms with van der Waals surface area (Å²) in [6.45, 7) is 4.06. The Morgan fingerprint density at radius 1 is 1.35 bits per heavy atom. The number of nitrogens with one attached hydrogen (secondary N) is 1. The Labute approximate surface area is 154 Å². The molecule has 2 amide bonds. The quantitative estimate of drug-likeness (QED) is 0.913. The van der Waals surface area contributed by atoms with E-state index >= 15 is 0 Å². The maximum atomic E-state index is 13.0. The van der Waals surface area contributed by atoms with E-state index in [-0.39, 0.29) is 12.1 Å². The molecule has 1 N–H and O–H groups in total. The molecule has 0 bridgehead atoms. The number of hydrogen-bond donors (Lipinski definition) is 1. The first-order valence-electron chi connectivity index (χ1n) is 8.88. The molecule has 0 spiro atoms. The highest BCUT2D eigenvalue weighted by atomic mass is 16.5. The van der Waals surface area contributed by atoms with Gasteiger partial charge in [-0.3, -0.25) is 10.00 Å². The number of nitrogens with zero attached hydrogens (tertiary/aromatic N) is 4. The first-order valence-corrected chi connectivity index (χ1v) is 8.88. The van der Waals surface area contributed by atoms with E-state index in [1.54, 1.807) is 11.8 Å². The van der Waals surface area contributed by atoms with Crippen LogP contribution in [0.1, 0.15) is 18.2 Å². The summed E-state index contributed by atoms with van der Waals surface area (Å²) in [6, 6.07) is 10.1. The van der Waals surface area contributed by atoms with Crippen LogP contribution in [0, 0.1) is 0 Å². The summed E-state index contributed by atoms with van der Waals surface area (Å²) in [6.07, 6.45) is 0.721. The van der Waals surface area contributed by atoms with Gasteiger partial charge in [0.25, 0.3) is 0 Å². The van der Waals surface area contributed by atoms with E-state index in [1.807, 2.05) is 30.1 Å². The van der Waals surface area contributed by atoms with Gasteiger partial charge in [-0.05, 0) is 18.6 Å². The number of anilines is 2. The van der Waals surface area contributed by atoms with Gasteiger partial charge in [0.15, 0.2) is 0 Å². The Hall–Kier alpha value is -2.54. The topological polar surface area (TPSA) is 62.6 Å². The normalized spacial score (nSPS) is 17.0. The highest BCUT2D eigenvalue weighted by molar-refractivity contribution is 5.89. The molecule has 0 radical (unpaired) electrons. The molecule has 3 rings (SSSR count). The number of hydrogen-bond acceptors (Lipinski definition) is 4. The number of para-hydroxylation sites is 1. The molecule has 1 atom stereocenters. The summed E-state index contributed by atoms with van der Waals surface area (Å²) >= 11 is 0. The molecule has 2 aromatic rings. The molecule has 0 unspecified atom stereocenters. The molecule has 140 valence electrons. The number of aryl methyl sites for hydroxylation is 1. The van der Waals surface area contributed by atoms with Gasteiger partial charge in [0.05, 0.1) is 12.3 Å². The van der Waals surface area contributed by atoms with Crippen LogP contribution >= 0.6 is 0 Å². The fourth-order valence-corrected chi connectivity index (χ4v) is 3.38. The van der Waals surface area contributed by atoms with E-state index in [4.69, 9.17) is 4.74 Å². The largest absolute Gasteiger partial charge is 0.384 e. The molecule has 1 aliphatic heterocycles. The Morgan fingerprint density at radius 2 is 2.12 bits per heavy atom. The monoisotopic (exact) mass is 357 g/mol. The Balaban J connectivity index is 1.76. The zero-order valence-electron chi connectivity index (χ0n) is 15.9. The van der Waals surface area contributed by atoms with Crippen molar-refractivity contribution in [2.75, 3.05) is 37.5 Å². The summed E-state index contributed by atoms with van der Waals surface area (Å²) in [5.41, 5.74) is 3.23. The van der Waals surface area contributed by atoms with Gasteiger partial charge in [-0.25, -0.2) is 4.79 Å². The number of benzene rings is 1. The maximum absolute atomic E-state index is 13.0. The van der Waals surface area contributed by atoms with Gasteiger partial charge in [-0.2, -0.15) is 5.10 Å². The van der Waals surface area contributed by atoms with Crippen LogP contribution in [0.4, 0.5) is 16.3 Å². The second-order valence-electron chi connectivity index (χ2n) is 6.80. The van der Waals surface area contributed by atoms with Crippen LogP contribution < -0.4 is 10.2 Å². The number of carbonyl (C=O) groups is 1. The van der Waals surface area contributed by atoms with E-state index < -0.39 is 0 Å². The van der Waals surface area contributed by atoms with Crippen molar-refractivity contribution >= 4 is 17.5 Å². The Morgan fingerprint density at radius 3 is 2.88 bits per heavy atom. The van der Waals surface area contributed by atoms with E-state index in [1.165, 1.54) is 5.69 Å². The van der Waals surface area contributed by atoms with Gasteiger partial charge in [0.2, 0.25) is 0 Å². The van der Waals surface area contributed by atoms with E-state index in [0.717, 1.165) is 24.2 Å². The van der Waals surface area contributed by atoms with Crippen molar-refractivity contribution in [2.24, 2.45) is 7.05 Å². The summed E-state index contributed by atoms with van der Waals surface area (Å²) in [4.78, 5) is 17.0. The van der Waals surface area contributed by atoms with Crippen LogP contribution in [-0.2, 0) is 24.8 Å². The first kappa shape index (κ1) is 18.3. The van der Waals surface area contributed by atoms with Crippen molar-refractivity contribution in [2.45, 2.75) is 25.9 Å². The fourth-order valence-electron chi connectivity index (χ4n) is 3.38. The average Bonchev–Trinajstić information content (AvgIpc) is 2.90. The highest BCUT2D eigenvalue weighted by Gasteiger charge is 2.27. The molecule has 7 heteroatoms. The minimum absolute atomic E-state index is 0.0913. The van der Waals surface area contributed by atoms with Crippen molar-refractivity contribution < 1.29 is 9.53 Å². The van der Waals surface area contributed by atoms with Crippen LogP contribution in [0.3, 0.4) is 0 Å². The summed E-state index contributed by atoms with van der Waals surface area (Å²) in [5.74, 6) is 0.694. The first-order chi connectivity index (χ1) is 12.5. The Bertz CT molecular complexity index is 773. The molecule has 0 saturated heterocycles. The van der Waals surface area contributed by atoms with E-state index in [0.29, 0.717) is 19.0 Å². The van der Waals surface area contributed by atoms with Crippen molar-refractivity contribution in [1.29, 1.82) is 0 Å². The lowest BCUT2D eigenvalue weighted by molar-refractivity contribution is 0.192. The summed E-state index contributed by atoms with van der Waals surface area (Å²) < 4.78 is 6.79. The smallest absolute Gasteiger partial charge is 0.323 e. The number of aromatic nitrogens is 2. The van der Waals surface area contributed by atoms with Crippen LogP contribution in [0.15, 0.2) is 30.3 Å². The van der Waals surface area contributed by atoms with E-state index in [2.05, 4.69) is 41.4 Å². The highest BCUT2D eigenvalue weighted by Crippen LogP contribution is 2.26. The second-order valence-corrected chi connectivity index (χ2v) is 6.80. The predicted octanol–water partition coefficient (Wildman–Crippen LogP) is 2.48. The summed E-state index contributed by atoms with van der Waals surface area (Å²) in [5, 5.41) is 7.44. The second kappa shape index (κ2) is 7.78. The predicted molar refractivity (Wildman–Crippen MR) is 103 cm³/mol. The van der Waals surface area contributed by atoms with E-state index in [9.17, 15) is 4.79 Å². The number of likely N-dealkylation sites (N-methyl/N-ethyl adjacent to an activating group) is 1. The molecule has 1 aromatic carbocycles. The maximum Gasteiger partial charge on any atom is 0.323 e. The SMILES string of the molecule is COCCc1cc(NC(=O)N2Cc3ccccc3N(C)C[C@@H]2C)n(C)n1. The number of urea groups is 1. The number of carbonyl (C=O) groups excluding carboxylic acids is 1. The molecule has 1 aromatic heterocycles. The Kier molecular flexibility index (Phi) is 5.46. The third kappa shape index (κ3) is 3.83. The number of methoxy groups -OCH3 is 1. The minimum atomic E-state index is -0.108. The van der Waals surface area contributed by atoms with Gasteiger partial charge < -0.3 is 14.5 Å². The molecule has 2 heterocycles. The molecular weight excluding hydrogens is 330 g/mol. The molecule has 1 aliphatic rings. The molecule has 7 nitrogen and oxygen atoms in total. The third-order valence-corrected chi connectivity index (χ3v) is 4.80. The molecule has 0 saturated carbocycles. The standard InChI is InChI=1S/C19H27N5O2/c1-14-12-22(2)17-8-6-5-7-15(17)13-24(14)19(25)20-18-11-16(9-10-26-4)21-23(18)3/h5-8,11,14H,9-10,12-13H2,1-4H3,(H,20,25)/t14-/m0/s1. The molecule has 0 fully saturated rings. The van der Waals surface area contributed by atoms with Gasteiger partial charge in [0, 0.05) is 58.5 Å². The van der Waals surface area contributed by atoms with Crippen molar-refractivity contribution in [1.82, 2.24) is 14.7 Å². The van der Waals surface area contributed by atoms with Crippen LogP contribution in [0.5, 0.6) is 0 Å². The molecule has 26 heavy (non-hydrogen) atoms. The van der Waals surface area contributed by atoms with Gasteiger partial charge in [0.1, 0.15) is 5.82 Å². The minimum Gasteiger partial charge on any atom is -0.384 e. The number of amides is 2. The summed E-state index contributed by atoms with van der Waals surface area (Å²) in [7, 11) is 5.57. The zero-order valence-corrected chi connectivity index (χ0v) is 15.9. The van der Waals surface area contributed by atoms with Crippen molar-refractivity contribution in [3.05, 3.63) is 41.6 Å². The number of rotatable bonds is 4. The van der Waals surface area contributed by atoms with Crippen LogP contribution in [-0.4, -0.2) is 54.1 Å². The van der Waals surface area contributed by atoms with Crippen molar-refractivity contribution in [3.8, 4) is 0 Å². The molecule has 0 aliphatic carbocycles. The van der Waals surface area contributed by atoms with Gasteiger partial charge >= 0.3 is 6.03 Å². The zero-order chi connectivity index (χ0) is 18.7. The number of ether oxygens (including phenoxy) is 1. The van der Waals surface area contributed by atoms with Crippen LogP contribution in [0.25, 0.3) is 0 Å².